The van der Waals surface area contributed by atoms with Crippen molar-refractivity contribution in [2.24, 2.45) is 0 Å². The van der Waals surface area contributed by atoms with Gasteiger partial charge in [-0.2, -0.15) is 0 Å². The van der Waals surface area contributed by atoms with Crippen LogP contribution in [0.25, 0.3) is 16.6 Å². The quantitative estimate of drug-likeness (QED) is 0.520. The Morgan fingerprint density at radius 3 is 2.74 bits per heavy atom. The van der Waals surface area contributed by atoms with Crippen molar-refractivity contribution in [3.05, 3.63) is 58.8 Å². The molecule has 94 valence electrons. The van der Waals surface area contributed by atoms with Crippen molar-refractivity contribution in [2.75, 3.05) is 0 Å². The SMILES string of the molecule is Cc1nccn1-c1c([N+](=O)[O-])cnc2ccccc12. The van der Waals surface area contributed by atoms with Crippen LogP contribution >= 0.6 is 0 Å². The minimum atomic E-state index is -0.422. The smallest absolute Gasteiger partial charge is 0.297 e. The minimum absolute atomic E-state index is 0.0280. The van der Waals surface area contributed by atoms with Crippen LogP contribution in [0.4, 0.5) is 5.69 Å². The van der Waals surface area contributed by atoms with E-state index in [0.717, 1.165) is 10.9 Å². The second kappa shape index (κ2) is 4.16. The van der Waals surface area contributed by atoms with Gasteiger partial charge >= 0.3 is 5.69 Å². The molecule has 0 amide bonds. The highest BCUT2D eigenvalue weighted by molar-refractivity contribution is 5.91. The molecule has 0 aliphatic carbocycles. The number of imidazole rings is 1. The third-order valence-electron chi connectivity index (χ3n) is 2.99. The highest BCUT2D eigenvalue weighted by Gasteiger charge is 2.20. The van der Waals surface area contributed by atoms with Crippen molar-refractivity contribution in [3.8, 4) is 5.69 Å². The molecule has 0 saturated heterocycles. The van der Waals surface area contributed by atoms with Gasteiger partial charge in [-0.25, -0.2) is 9.97 Å². The highest BCUT2D eigenvalue weighted by atomic mass is 16.6. The lowest BCUT2D eigenvalue weighted by Gasteiger charge is -2.09. The number of nitro groups is 1. The van der Waals surface area contributed by atoms with E-state index in [-0.39, 0.29) is 5.69 Å². The van der Waals surface area contributed by atoms with Crippen LogP contribution in [0.2, 0.25) is 0 Å². The maximum absolute atomic E-state index is 11.2. The Kier molecular flexibility index (Phi) is 2.49. The summed E-state index contributed by atoms with van der Waals surface area (Å²) in [7, 11) is 0. The standard InChI is InChI=1S/C13H10N4O2/c1-9-14-6-7-16(9)13-10-4-2-3-5-11(10)15-8-12(13)17(18)19/h2-8H,1H3. The maximum Gasteiger partial charge on any atom is 0.312 e. The molecular weight excluding hydrogens is 244 g/mol. The van der Waals surface area contributed by atoms with Gasteiger partial charge in [-0.15, -0.1) is 0 Å². The summed E-state index contributed by atoms with van der Waals surface area (Å²) in [6, 6.07) is 7.34. The molecule has 0 fully saturated rings. The average molecular weight is 254 g/mol. The molecule has 1 aromatic carbocycles. The number of hydrogen-bond donors (Lipinski definition) is 0. The van der Waals surface area contributed by atoms with Crippen molar-refractivity contribution in [2.45, 2.75) is 6.92 Å². The Labute approximate surface area is 108 Å². The topological polar surface area (TPSA) is 73.8 Å². The number of benzene rings is 1. The van der Waals surface area contributed by atoms with Gasteiger partial charge in [0.2, 0.25) is 0 Å². The molecule has 0 atom stereocenters. The van der Waals surface area contributed by atoms with Gasteiger partial charge in [0.15, 0.2) is 0 Å². The Morgan fingerprint density at radius 2 is 2.05 bits per heavy atom. The fourth-order valence-corrected chi connectivity index (χ4v) is 2.12. The number of aryl methyl sites for hydroxylation is 1. The molecule has 6 heteroatoms. The summed E-state index contributed by atoms with van der Waals surface area (Å²) in [5, 5.41) is 11.9. The third-order valence-corrected chi connectivity index (χ3v) is 2.99. The number of hydrogen-bond acceptors (Lipinski definition) is 4. The highest BCUT2D eigenvalue weighted by Crippen LogP contribution is 2.30. The van der Waals surface area contributed by atoms with Crippen molar-refractivity contribution in [3.63, 3.8) is 0 Å². The first-order valence-electron chi connectivity index (χ1n) is 5.71. The van der Waals surface area contributed by atoms with Gasteiger partial charge in [0, 0.05) is 17.8 Å². The van der Waals surface area contributed by atoms with Crippen LogP contribution in [0, 0.1) is 17.0 Å². The zero-order valence-corrected chi connectivity index (χ0v) is 10.1. The molecule has 0 aliphatic rings. The van der Waals surface area contributed by atoms with Crippen LogP contribution in [0.5, 0.6) is 0 Å². The van der Waals surface area contributed by atoms with Crippen LogP contribution < -0.4 is 0 Å². The van der Waals surface area contributed by atoms with Crippen molar-refractivity contribution in [1.82, 2.24) is 14.5 Å². The van der Waals surface area contributed by atoms with E-state index in [0.29, 0.717) is 11.5 Å². The fourth-order valence-electron chi connectivity index (χ4n) is 2.12. The lowest BCUT2D eigenvalue weighted by atomic mass is 10.1. The van der Waals surface area contributed by atoms with Crippen molar-refractivity contribution in [1.29, 1.82) is 0 Å². The molecule has 0 radical (unpaired) electrons. The summed E-state index contributed by atoms with van der Waals surface area (Å²) in [6.07, 6.45) is 4.62. The molecular formula is C13H10N4O2. The molecule has 0 spiro atoms. The van der Waals surface area contributed by atoms with E-state index >= 15 is 0 Å². The predicted octanol–water partition coefficient (Wildman–Crippen LogP) is 2.64. The van der Waals surface area contributed by atoms with Gasteiger partial charge in [0.25, 0.3) is 0 Å². The van der Waals surface area contributed by atoms with E-state index in [9.17, 15) is 10.1 Å². The molecule has 3 aromatic rings. The Hall–Kier alpha value is -2.76. The Bertz CT molecular complexity index is 779. The van der Waals surface area contributed by atoms with E-state index in [1.54, 1.807) is 23.9 Å². The number of fused-ring (bicyclic) bond motifs is 1. The number of para-hydroxylation sites is 1. The zero-order valence-electron chi connectivity index (χ0n) is 10.1. The predicted molar refractivity (Wildman–Crippen MR) is 70.3 cm³/mol. The van der Waals surface area contributed by atoms with E-state index < -0.39 is 4.92 Å². The summed E-state index contributed by atoms with van der Waals surface area (Å²) in [5.41, 5.74) is 1.20. The normalized spacial score (nSPS) is 10.8. The van der Waals surface area contributed by atoms with Gasteiger partial charge in [0.05, 0.1) is 10.4 Å². The number of rotatable bonds is 2. The van der Waals surface area contributed by atoms with E-state index in [1.807, 2.05) is 24.3 Å². The van der Waals surface area contributed by atoms with E-state index in [4.69, 9.17) is 0 Å². The molecule has 0 saturated carbocycles. The minimum Gasteiger partial charge on any atom is -0.297 e. The van der Waals surface area contributed by atoms with Crippen molar-refractivity contribution >= 4 is 16.6 Å². The molecule has 0 aliphatic heterocycles. The number of nitrogens with zero attached hydrogens (tertiary/aromatic N) is 4. The first kappa shape index (κ1) is 11.3. The summed E-state index contributed by atoms with van der Waals surface area (Å²) in [6.45, 7) is 1.80. The Balaban J connectivity index is 2.45. The van der Waals surface area contributed by atoms with Gasteiger partial charge in [-0.05, 0) is 13.0 Å². The summed E-state index contributed by atoms with van der Waals surface area (Å²) < 4.78 is 1.71. The van der Waals surface area contributed by atoms with Crippen LogP contribution in [-0.2, 0) is 0 Å². The molecule has 0 bridgehead atoms. The second-order valence-corrected chi connectivity index (χ2v) is 4.11. The number of aromatic nitrogens is 3. The molecule has 2 heterocycles. The lowest BCUT2D eigenvalue weighted by molar-refractivity contribution is -0.384. The van der Waals surface area contributed by atoms with Crippen LogP contribution in [0.15, 0.2) is 42.9 Å². The summed E-state index contributed by atoms with van der Waals surface area (Å²) in [5.74, 6) is 0.694. The molecule has 3 rings (SSSR count). The van der Waals surface area contributed by atoms with Gasteiger partial charge in [0.1, 0.15) is 17.7 Å². The molecule has 0 unspecified atom stereocenters. The lowest BCUT2D eigenvalue weighted by Crippen LogP contribution is -2.03. The van der Waals surface area contributed by atoms with Crippen LogP contribution in [0.1, 0.15) is 5.82 Å². The van der Waals surface area contributed by atoms with Gasteiger partial charge in [-0.1, -0.05) is 18.2 Å². The Morgan fingerprint density at radius 1 is 1.26 bits per heavy atom. The monoisotopic (exact) mass is 254 g/mol. The summed E-state index contributed by atoms with van der Waals surface area (Å²) >= 11 is 0. The van der Waals surface area contributed by atoms with E-state index in [1.165, 1.54) is 6.20 Å². The van der Waals surface area contributed by atoms with Gasteiger partial charge in [-0.3, -0.25) is 14.7 Å². The third kappa shape index (κ3) is 1.74. The first-order valence-corrected chi connectivity index (χ1v) is 5.71. The van der Waals surface area contributed by atoms with Crippen LogP contribution in [-0.4, -0.2) is 19.5 Å². The maximum atomic E-state index is 11.2. The molecule has 0 N–H and O–H groups in total. The average Bonchev–Trinajstić information content (AvgIpc) is 2.83. The van der Waals surface area contributed by atoms with Gasteiger partial charge < -0.3 is 0 Å². The first-order chi connectivity index (χ1) is 9.18. The summed E-state index contributed by atoms with van der Waals surface area (Å²) in [4.78, 5) is 19.0. The zero-order chi connectivity index (χ0) is 13.4. The fraction of sp³-hybridized carbons (Fsp3) is 0.0769. The molecule has 2 aromatic heterocycles. The van der Waals surface area contributed by atoms with Crippen LogP contribution in [0.3, 0.4) is 0 Å². The molecule has 19 heavy (non-hydrogen) atoms. The second-order valence-electron chi connectivity index (χ2n) is 4.11. The van der Waals surface area contributed by atoms with Crippen molar-refractivity contribution < 1.29 is 4.92 Å². The largest absolute Gasteiger partial charge is 0.312 e. The molecule has 6 nitrogen and oxygen atoms in total. The number of pyridine rings is 1. The van der Waals surface area contributed by atoms with E-state index in [2.05, 4.69) is 9.97 Å².